The summed E-state index contributed by atoms with van der Waals surface area (Å²) in [5, 5.41) is 2.02. The molecule has 0 saturated heterocycles. The third kappa shape index (κ3) is 2.02. The van der Waals surface area contributed by atoms with Crippen molar-refractivity contribution in [2.24, 2.45) is 11.5 Å². The molecule has 2 aromatic carbocycles. The van der Waals surface area contributed by atoms with Gasteiger partial charge in [-0.3, -0.25) is 4.79 Å². The van der Waals surface area contributed by atoms with Crippen LogP contribution in [0.2, 0.25) is 0 Å². The topological polar surface area (TPSA) is 78.3 Å². The molecule has 18 heavy (non-hydrogen) atoms. The molecule has 1 unspecified atom stereocenters. The highest BCUT2D eigenvalue weighted by Gasteiger charge is 2.27. The minimum absolute atomic E-state index is 0.546. The molecular formula is C14H16N2O2. The van der Waals surface area contributed by atoms with E-state index < -0.39 is 11.4 Å². The van der Waals surface area contributed by atoms with Crippen molar-refractivity contribution in [2.75, 3.05) is 7.11 Å². The third-order valence-electron chi connectivity index (χ3n) is 3.16. The van der Waals surface area contributed by atoms with Crippen LogP contribution in [0.5, 0.6) is 5.75 Å². The second kappa shape index (κ2) is 4.31. The lowest BCUT2D eigenvalue weighted by Gasteiger charge is -2.21. The van der Waals surface area contributed by atoms with E-state index in [2.05, 4.69) is 0 Å². The van der Waals surface area contributed by atoms with Gasteiger partial charge in [-0.05, 0) is 41.5 Å². The Hall–Kier alpha value is -2.07. The molecule has 0 spiro atoms. The Morgan fingerprint density at radius 2 is 1.78 bits per heavy atom. The van der Waals surface area contributed by atoms with Crippen molar-refractivity contribution in [2.45, 2.75) is 12.5 Å². The molecule has 2 rings (SSSR count). The maximum Gasteiger partial charge on any atom is 0.241 e. The molecule has 4 nitrogen and oxygen atoms in total. The van der Waals surface area contributed by atoms with Crippen LogP contribution in [-0.2, 0) is 10.3 Å². The molecule has 0 aromatic heterocycles. The van der Waals surface area contributed by atoms with Crippen molar-refractivity contribution in [3.63, 3.8) is 0 Å². The van der Waals surface area contributed by atoms with Crippen LogP contribution in [0.25, 0.3) is 10.8 Å². The van der Waals surface area contributed by atoms with Gasteiger partial charge in [0.2, 0.25) is 5.91 Å². The number of amides is 1. The zero-order valence-electron chi connectivity index (χ0n) is 10.4. The van der Waals surface area contributed by atoms with Gasteiger partial charge in [0.25, 0.3) is 0 Å². The molecule has 0 aliphatic rings. The fourth-order valence-electron chi connectivity index (χ4n) is 1.82. The van der Waals surface area contributed by atoms with Gasteiger partial charge >= 0.3 is 0 Å². The van der Waals surface area contributed by atoms with Gasteiger partial charge in [-0.1, -0.05) is 18.2 Å². The van der Waals surface area contributed by atoms with E-state index in [1.54, 1.807) is 14.0 Å². The van der Waals surface area contributed by atoms with Crippen LogP contribution in [0, 0.1) is 0 Å². The van der Waals surface area contributed by atoms with Crippen LogP contribution in [0.1, 0.15) is 12.5 Å². The van der Waals surface area contributed by atoms with E-state index in [1.807, 2.05) is 36.4 Å². The highest BCUT2D eigenvalue weighted by atomic mass is 16.5. The summed E-state index contributed by atoms with van der Waals surface area (Å²) in [7, 11) is 1.62. The molecule has 94 valence electrons. The van der Waals surface area contributed by atoms with Gasteiger partial charge in [-0.15, -0.1) is 0 Å². The Bertz CT molecular complexity index is 606. The molecule has 4 heteroatoms. The average Bonchev–Trinajstić information content (AvgIpc) is 2.37. The number of nitrogens with two attached hydrogens (primary N) is 2. The number of hydrogen-bond donors (Lipinski definition) is 2. The van der Waals surface area contributed by atoms with Crippen molar-refractivity contribution in [1.82, 2.24) is 0 Å². The molecule has 0 aliphatic carbocycles. The molecule has 1 atom stereocenters. The van der Waals surface area contributed by atoms with Gasteiger partial charge in [0, 0.05) is 0 Å². The number of benzene rings is 2. The Kier molecular flexibility index (Phi) is 2.97. The first kappa shape index (κ1) is 12.4. The molecule has 0 radical (unpaired) electrons. The Balaban J connectivity index is 2.55. The summed E-state index contributed by atoms with van der Waals surface area (Å²) >= 11 is 0. The molecule has 0 aliphatic heterocycles. The van der Waals surface area contributed by atoms with Gasteiger partial charge in [0.15, 0.2) is 0 Å². The minimum atomic E-state index is -1.16. The van der Waals surface area contributed by atoms with Crippen molar-refractivity contribution in [3.05, 3.63) is 42.0 Å². The Labute approximate surface area is 106 Å². The van der Waals surface area contributed by atoms with E-state index in [-0.39, 0.29) is 0 Å². The fraction of sp³-hybridized carbons (Fsp3) is 0.214. The number of fused-ring (bicyclic) bond motifs is 1. The van der Waals surface area contributed by atoms with Gasteiger partial charge < -0.3 is 16.2 Å². The number of carbonyl (C=O) groups is 1. The molecule has 0 heterocycles. The number of hydrogen-bond acceptors (Lipinski definition) is 3. The van der Waals surface area contributed by atoms with Crippen LogP contribution >= 0.6 is 0 Å². The first-order valence-electron chi connectivity index (χ1n) is 5.62. The first-order chi connectivity index (χ1) is 8.45. The van der Waals surface area contributed by atoms with E-state index in [9.17, 15) is 4.79 Å². The van der Waals surface area contributed by atoms with Gasteiger partial charge in [0.1, 0.15) is 11.3 Å². The maximum atomic E-state index is 11.3. The summed E-state index contributed by atoms with van der Waals surface area (Å²) in [6, 6.07) is 11.3. The lowest BCUT2D eigenvalue weighted by atomic mass is 9.91. The SMILES string of the molecule is COc1ccc2cc(C(C)(N)C(N)=O)ccc2c1. The van der Waals surface area contributed by atoms with Crippen LogP contribution in [0.4, 0.5) is 0 Å². The molecule has 2 aromatic rings. The largest absolute Gasteiger partial charge is 0.497 e. The zero-order chi connectivity index (χ0) is 13.3. The summed E-state index contributed by atoms with van der Waals surface area (Å²) in [6.07, 6.45) is 0. The van der Waals surface area contributed by atoms with E-state index >= 15 is 0 Å². The highest BCUT2D eigenvalue weighted by molar-refractivity contribution is 5.89. The first-order valence-corrected chi connectivity index (χ1v) is 5.62. The zero-order valence-corrected chi connectivity index (χ0v) is 10.4. The van der Waals surface area contributed by atoms with Gasteiger partial charge in [-0.25, -0.2) is 0 Å². The van der Waals surface area contributed by atoms with Crippen molar-refractivity contribution < 1.29 is 9.53 Å². The van der Waals surface area contributed by atoms with Crippen molar-refractivity contribution >= 4 is 16.7 Å². The van der Waals surface area contributed by atoms with Gasteiger partial charge in [0.05, 0.1) is 7.11 Å². The maximum absolute atomic E-state index is 11.3. The number of primary amides is 1. The summed E-state index contributed by atoms with van der Waals surface area (Å²) in [6.45, 7) is 1.61. The molecule has 1 amide bonds. The summed E-state index contributed by atoms with van der Waals surface area (Å²) in [5.74, 6) is 0.246. The van der Waals surface area contributed by atoms with Crippen LogP contribution in [0.15, 0.2) is 36.4 Å². The summed E-state index contributed by atoms with van der Waals surface area (Å²) < 4.78 is 5.16. The average molecular weight is 244 g/mol. The van der Waals surface area contributed by atoms with E-state index in [1.165, 1.54) is 0 Å². The van der Waals surface area contributed by atoms with E-state index in [0.29, 0.717) is 5.56 Å². The molecular weight excluding hydrogens is 228 g/mol. The Morgan fingerprint density at radius 3 is 2.39 bits per heavy atom. The number of ether oxygens (including phenoxy) is 1. The van der Waals surface area contributed by atoms with Crippen molar-refractivity contribution in [3.8, 4) is 5.75 Å². The predicted octanol–water partition coefficient (Wildman–Crippen LogP) is 1.51. The minimum Gasteiger partial charge on any atom is -0.497 e. The van der Waals surface area contributed by atoms with E-state index in [4.69, 9.17) is 16.2 Å². The number of methoxy groups -OCH3 is 1. The van der Waals surface area contributed by atoms with Crippen LogP contribution < -0.4 is 16.2 Å². The van der Waals surface area contributed by atoms with E-state index in [0.717, 1.165) is 16.5 Å². The Morgan fingerprint density at radius 1 is 1.17 bits per heavy atom. The van der Waals surface area contributed by atoms with Gasteiger partial charge in [-0.2, -0.15) is 0 Å². The quantitative estimate of drug-likeness (QED) is 0.859. The molecule has 0 fully saturated rings. The van der Waals surface area contributed by atoms with Crippen LogP contribution in [-0.4, -0.2) is 13.0 Å². The second-order valence-corrected chi connectivity index (χ2v) is 4.49. The lowest BCUT2D eigenvalue weighted by molar-refractivity contribution is -0.122. The second-order valence-electron chi connectivity index (χ2n) is 4.49. The molecule has 4 N–H and O–H groups in total. The van der Waals surface area contributed by atoms with Crippen molar-refractivity contribution in [1.29, 1.82) is 0 Å². The highest BCUT2D eigenvalue weighted by Crippen LogP contribution is 2.25. The van der Waals surface area contributed by atoms with Crippen LogP contribution in [0.3, 0.4) is 0 Å². The molecule has 0 saturated carbocycles. The number of carbonyl (C=O) groups excluding carboxylic acids is 1. The number of rotatable bonds is 3. The molecule has 0 bridgehead atoms. The third-order valence-corrected chi connectivity index (χ3v) is 3.16. The monoisotopic (exact) mass is 244 g/mol. The lowest BCUT2D eigenvalue weighted by Crippen LogP contribution is -2.46. The fourth-order valence-corrected chi connectivity index (χ4v) is 1.82. The normalized spacial score (nSPS) is 14.2. The summed E-state index contributed by atoms with van der Waals surface area (Å²) in [4.78, 5) is 11.3. The standard InChI is InChI=1S/C14H16N2O2/c1-14(16,13(15)17)11-5-3-10-8-12(18-2)6-4-9(10)7-11/h3-8H,16H2,1-2H3,(H2,15,17). The summed E-state index contributed by atoms with van der Waals surface area (Å²) in [5.41, 5.74) is 10.8. The predicted molar refractivity (Wildman–Crippen MR) is 71.2 cm³/mol. The smallest absolute Gasteiger partial charge is 0.241 e.